The van der Waals surface area contributed by atoms with Crippen LogP contribution in [0.25, 0.3) is 0 Å². The largest absolute Gasteiger partial charge is 0.493 e. The summed E-state index contributed by atoms with van der Waals surface area (Å²) in [4.78, 5) is 0. The molecule has 118 valence electrons. The minimum atomic E-state index is 0.584. The van der Waals surface area contributed by atoms with E-state index >= 15 is 0 Å². The molecule has 0 unspecified atom stereocenters. The highest BCUT2D eigenvalue weighted by Crippen LogP contribution is 2.33. The molecule has 1 aliphatic rings. The van der Waals surface area contributed by atoms with Crippen LogP contribution in [0.15, 0.2) is 16.6 Å². The second-order valence-corrected chi connectivity index (χ2v) is 7.90. The maximum absolute atomic E-state index is 5.82. The topological polar surface area (TPSA) is 21.3 Å². The van der Waals surface area contributed by atoms with Gasteiger partial charge in [0.2, 0.25) is 0 Å². The summed E-state index contributed by atoms with van der Waals surface area (Å²) in [5.74, 6) is 2.56. The third kappa shape index (κ3) is 5.00. The molecule has 2 rings (SSSR count). The molecule has 3 heteroatoms. The fraction of sp³-hybridized carbons (Fsp3) is 0.667. The zero-order valence-corrected chi connectivity index (χ0v) is 15.3. The minimum Gasteiger partial charge on any atom is -0.493 e. The number of benzene rings is 1. The van der Waals surface area contributed by atoms with Gasteiger partial charge in [-0.15, -0.1) is 0 Å². The Morgan fingerprint density at radius 1 is 1.14 bits per heavy atom. The average molecular weight is 354 g/mol. The first-order chi connectivity index (χ1) is 9.95. The van der Waals surface area contributed by atoms with Crippen LogP contribution in [0.2, 0.25) is 0 Å². The molecule has 1 aliphatic heterocycles. The Bertz CT molecular complexity index is 461. The first-order valence-corrected chi connectivity index (χ1v) is 8.92. The van der Waals surface area contributed by atoms with Crippen molar-refractivity contribution < 1.29 is 4.74 Å². The number of hydrogen-bond acceptors (Lipinski definition) is 2. The molecule has 1 aromatic carbocycles. The molecule has 0 saturated heterocycles. The van der Waals surface area contributed by atoms with Crippen molar-refractivity contribution in [3.63, 3.8) is 0 Å². The molecule has 0 amide bonds. The van der Waals surface area contributed by atoms with E-state index in [4.69, 9.17) is 4.74 Å². The van der Waals surface area contributed by atoms with E-state index in [1.807, 2.05) is 0 Å². The van der Waals surface area contributed by atoms with Crippen molar-refractivity contribution in [2.75, 3.05) is 6.61 Å². The van der Waals surface area contributed by atoms with Gasteiger partial charge in [0.25, 0.3) is 0 Å². The van der Waals surface area contributed by atoms with Crippen LogP contribution in [-0.2, 0) is 13.0 Å². The summed E-state index contributed by atoms with van der Waals surface area (Å²) in [6.45, 7) is 10.9. The lowest BCUT2D eigenvalue weighted by atomic mass is 9.95. The van der Waals surface area contributed by atoms with Crippen LogP contribution in [-0.4, -0.2) is 12.6 Å². The van der Waals surface area contributed by atoms with Crippen molar-refractivity contribution in [2.24, 2.45) is 11.8 Å². The van der Waals surface area contributed by atoms with Crippen LogP contribution in [0, 0.1) is 11.8 Å². The molecular weight excluding hydrogens is 326 g/mol. The van der Waals surface area contributed by atoms with Crippen LogP contribution in [0.3, 0.4) is 0 Å². The van der Waals surface area contributed by atoms with E-state index in [1.165, 1.54) is 24.0 Å². The first kappa shape index (κ1) is 16.8. The molecule has 0 saturated carbocycles. The third-order valence-electron chi connectivity index (χ3n) is 3.92. The van der Waals surface area contributed by atoms with E-state index in [2.05, 4.69) is 61.1 Å². The Hall–Kier alpha value is -0.540. The van der Waals surface area contributed by atoms with Crippen molar-refractivity contribution in [3.05, 3.63) is 27.7 Å². The lowest BCUT2D eigenvalue weighted by Crippen LogP contribution is -2.31. The smallest absolute Gasteiger partial charge is 0.127 e. The summed E-state index contributed by atoms with van der Waals surface area (Å²) in [5.41, 5.74) is 2.62. The lowest BCUT2D eigenvalue weighted by molar-refractivity contribution is 0.341. The molecule has 21 heavy (non-hydrogen) atoms. The zero-order chi connectivity index (χ0) is 15.4. The Kier molecular flexibility index (Phi) is 6.12. The van der Waals surface area contributed by atoms with E-state index in [9.17, 15) is 0 Å². The van der Waals surface area contributed by atoms with Gasteiger partial charge < -0.3 is 10.1 Å². The Labute approximate surface area is 137 Å². The quantitative estimate of drug-likeness (QED) is 0.749. The summed E-state index contributed by atoms with van der Waals surface area (Å²) in [7, 11) is 0. The number of hydrogen-bond donors (Lipinski definition) is 1. The van der Waals surface area contributed by atoms with E-state index in [0.29, 0.717) is 6.04 Å². The molecule has 0 atom stereocenters. The van der Waals surface area contributed by atoms with Crippen LogP contribution < -0.4 is 10.1 Å². The van der Waals surface area contributed by atoms with Crippen LogP contribution in [0.4, 0.5) is 0 Å². The van der Waals surface area contributed by atoms with Gasteiger partial charge in [-0.2, -0.15) is 0 Å². The number of ether oxygens (including phenoxy) is 1. The Morgan fingerprint density at radius 2 is 1.81 bits per heavy atom. The molecule has 1 heterocycles. The van der Waals surface area contributed by atoms with Gasteiger partial charge in [0.05, 0.1) is 6.61 Å². The molecule has 0 aromatic heterocycles. The van der Waals surface area contributed by atoms with Crippen molar-refractivity contribution >= 4 is 15.9 Å². The van der Waals surface area contributed by atoms with Gasteiger partial charge in [0.1, 0.15) is 5.75 Å². The highest BCUT2D eigenvalue weighted by molar-refractivity contribution is 9.10. The Balaban J connectivity index is 2.03. The molecule has 0 fully saturated rings. The van der Waals surface area contributed by atoms with Gasteiger partial charge in [-0.25, -0.2) is 0 Å². The molecule has 0 radical (unpaired) electrons. The molecule has 0 bridgehead atoms. The number of rotatable bonds is 7. The van der Waals surface area contributed by atoms with Crippen molar-refractivity contribution in [1.82, 2.24) is 5.32 Å². The van der Waals surface area contributed by atoms with Crippen LogP contribution in [0.5, 0.6) is 5.75 Å². The molecule has 1 N–H and O–H groups in total. The molecule has 0 spiro atoms. The molecule has 0 aliphatic carbocycles. The first-order valence-electron chi connectivity index (χ1n) is 8.13. The number of nitrogens with one attached hydrogen (secondary N) is 1. The predicted molar refractivity (Wildman–Crippen MR) is 92.9 cm³/mol. The molecular formula is C18H28BrNO. The van der Waals surface area contributed by atoms with E-state index < -0.39 is 0 Å². The fourth-order valence-electron chi connectivity index (χ4n) is 3.13. The molecule has 1 aromatic rings. The summed E-state index contributed by atoms with van der Waals surface area (Å²) >= 11 is 3.62. The van der Waals surface area contributed by atoms with Gasteiger partial charge in [-0.05, 0) is 42.4 Å². The average Bonchev–Trinajstić information content (AvgIpc) is 2.82. The van der Waals surface area contributed by atoms with Crippen LogP contribution in [0.1, 0.15) is 51.7 Å². The SMILES string of the molecule is CC(C)CC(CC(C)C)NCc1cc(Br)cc2c1OCC2. The second-order valence-electron chi connectivity index (χ2n) is 6.99. The van der Waals surface area contributed by atoms with E-state index in [0.717, 1.165) is 41.6 Å². The van der Waals surface area contributed by atoms with Gasteiger partial charge in [0, 0.05) is 29.0 Å². The van der Waals surface area contributed by atoms with E-state index in [1.54, 1.807) is 0 Å². The monoisotopic (exact) mass is 353 g/mol. The van der Waals surface area contributed by atoms with Crippen molar-refractivity contribution in [3.8, 4) is 5.75 Å². The lowest BCUT2D eigenvalue weighted by Gasteiger charge is -2.23. The van der Waals surface area contributed by atoms with Crippen molar-refractivity contribution in [2.45, 2.75) is 59.5 Å². The fourth-order valence-corrected chi connectivity index (χ4v) is 3.69. The van der Waals surface area contributed by atoms with Crippen LogP contribution >= 0.6 is 15.9 Å². The standard InChI is InChI=1S/C18H28BrNO/c1-12(2)7-17(8-13(3)4)20-11-15-10-16(19)9-14-5-6-21-18(14)15/h9-10,12-13,17,20H,5-8,11H2,1-4H3. The molecule has 2 nitrogen and oxygen atoms in total. The number of fused-ring (bicyclic) bond motifs is 1. The van der Waals surface area contributed by atoms with E-state index in [-0.39, 0.29) is 0 Å². The maximum Gasteiger partial charge on any atom is 0.127 e. The number of halogens is 1. The summed E-state index contributed by atoms with van der Waals surface area (Å²) in [6.07, 6.45) is 3.49. The maximum atomic E-state index is 5.82. The zero-order valence-electron chi connectivity index (χ0n) is 13.7. The normalized spacial score (nSPS) is 14.1. The third-order valence-corrected chi connectivity index (χ3v) is 4.38. The summed E-state index contributed by atoms with van der Waals surface area (Å²) < 4.78 is 6.98. The summed E-state index contributed by atoms with van der Waals surface area (Å²) in [5, 5.41) is 3.75. The highest BCUT2D eigenvalue weighted by atomic mass is 79.9. The van der Waals surface area contributed by atoms with Crippen molar-refractivity contribution in [1.29, 1.82) is 0 Å². The van der Waals surface area contributed by atoms with Gasteiger partial charge >= 0.3 is 0 Å². The second kappa shape index (κ2) is 7.64. The predicted octanol–water partition coefficient (Wildman–Crippen LogP) is 4.93. The Morgan fingerprint density at radius 3 is 2.43 bits per heavy atom. The minimum absolute atomic E-state index is 0.584. The van der Waals surface area contributed by atoms with Gasteiger partial charge in [0.15, 0.2) is 0 Å². The summed E-state index contributed by atoms with van der Waals surface area (Å²) in [6, 6.07) is 4.96. The van der Waals surface area contributed by atoms with Gasteiger partial charge in [-0.3, -0.25) is 0 Å². The van der Waals surface area contributed by atoms with Gasteiger partial charge in [-0.1, -0.05) is 43.6 Å². The highest BCUT2D eigenvalue weighted by Gasteiger charge is 2.19.